The van der Waals surface area contributed by atoms with Crippen LogP contribution in [-0.4, -0.2) is 16.1 Å². The van der Waals surface area contributed by atoms with Crippen molar-refractivity contribution in [2.45, 2.75) is 19.3 Å². The Kier molecular flexibility index (Phi) is 3.73. The number of aromatic nitrogens is 1. The third-order valence-corrected chi connectivity index (χ3v) is 4.37. The van der Waals surface area contributed by atoms with Crippen LogP contribution in [0.2, 0.25) is 0 Å². The summed E-state index contributed by atoms with van der Waals surface area (Å²) in [6.45, 7) is 3.21. The zero-order chi connectivity index (χ0) is 14.2. The van der Waals surface area contributed by atoms with E-state index in [4.69, 9.17) is 0 Å². The number of halogens is 2. The van der Waals surface area contributed by atoms with Gasteiger partial charge in [-0.3, -0.25) is 4.79 Å². The predicted molar refractivity (Wildman–Crippen MR) is 75.9 cm³/mol. The first kappa shape index (κ1) is 14.1. The molecule has 19 heavy (non-hydrogen) atoms. The number of carboxylic acid groups (broad SMARTS) is 1. The highest BCUT2D eigenvalue weighted by atomic mass is 79.9. The van der Waals surface area contributed by atoms with Gasteiger partial charge < -0.3 is 5.11 Å². The molecule has 0 saturated heterocycles. The van der Waals surface area contributed by atoms with Crippen molar-refractivity contribution >= 4 is 33.2 Å². The fourth-order valence-electron chi connectivity index (χ4n) is 1.46. The summed E-state index contributed by atoms with van der Waals surface area (Å²) in [6.07, 6.45) is 0. The largest absolute Gasteiger partial charge is 0.481 e. The van der Waals surface area contributed by atoms with Crippen molar-refractivity contribution in [1.82, 2.24) is 4.98 Å². The van der Waals surface area contributed by atoms with E-state index >= 15 is 0 Å². The molecular weight excluding hydrogens is 333 g/mol. The molecule has 100 valence electrons. The van der Waals surface area contributed by atoms with Crippen LogP contribution in [-0.2, 0) is 10.2 Å². The summed E-state index contributed by atoms with van der Waals surface area (Å²) >= 11 is 4.62. The molecule has 0 fully saturated rings. The van der Waals surface area contributed by atoms with E-state index in [0.29, 0.717) is 15.2 Å². The molecule has 0 spiro atoms. The number of carbonyl (C=O) groups is 1. The lowest BCUT2D eigenvalue weighted by Crippen LogP contribution is -2.28. The van der Waals surface area contributed by atoms with Crippen LogP contribution >= 0.6 is 27.3 Å². The van der Waals surface area contributed by atoms with E-state index in [-0.39, 0.29) is 5.82 Å². The summed E-state index contributed by atoms with van der Waals surface area (Å²) in [5, 5.41) is 11.6. The average molecular weight is 344 g/mol. The summed E-state index contributed by atoms with van der Waals surface area (Å²) in [5.41, 5.74) is 0.205. The molecule has 0 unspecified atom stereocenters. The van der Waals surface area contributed by atoms with Gasteiger partial charge in [-0.25, -0.2) is 9.37 Å². The van der Waals surface area contributed by atoms with Crippen molar-refractivity contribution < 1.29 is 14.3 Å². The molecule has 0 amide bonds. The molecule has 0 bridgehead atoms. The monoisotopic (exact) mass is 343 g/mol. The highest BCUT2D eigenvalue weighted by molar-refractivity contribution is 9.10. The fraction of sp³-hybridized carbons (Fsp3) is 0.231. The van der Waals surface area contributed by atoms with Crippen LogP contribution < -0.4 is 0 Å². The van der Waals surface area contributed by atoms with Crippen LogP contribution in [0.4, 0.5) is 4.39 Å². The standard InChI is InChI=1S/C13H11BrFNO2S/c1-13(2,12(17)18)10-6-19-11(16-10)8-4-3-7(15)5-9(8)14/h3-6H,1-2H3,(H,17,18). The molecule has 2 rings (SSSR count). The minimum atomic E-state index is -1.04. The lowest BCUT2D eigenvalue weighted by molar-refractivity contribution is -0.142. The summed E-state index contributed by atoms with van der Waals surface area (Å²) in [4.78, 5) is 15.5. The second-order valence-electron chi connectivity index (χ2n) is 4.59. The highest BCUT2D eigenvalue weighted by Crippen LogP contribution is 2.34. The van der Waals surface area contributed by atoms with Gasteiger partial charge in [0.1, 0.15) is 16.2 Å². The first-order valence-corrected chi connectivity index (χ1v) is 7.14. The number of benzene rings is 1. The van der Waals surface area contributed by atoms with Gasteiger partial charge in [-0.2, -0.15) is 0 Å². The van der Waals surface area contributed by atoms with Gasteiger partial charge in [-0.15, -0.1) is 11.3 Å². The lowest BCUT2D eigenvalue weighted by atomic mass is 9.90. The van der Waals surface area contributed by atoms with Crippen molar-refractivity contribution in [3.05, 3.63) is 39.6 Å². The summed E-state index contributed by atoms with van der Waals surface area (Å²) in [7, 11) is 0. The van der Waals surface area contributed by atoms with Crippen molar-refractivity contribution in [2.24, 2.45) is 0 Å². The van der Waals surface area contributed by atoms with Crippen molar-refractivity contribution in [1.29, 1.82) is 0 Å². The van der Waals surface area contributed by atoms with Gasteiger partial charge in [-0.1, -0.05) is 0 Å². The second kappa shape index (κ2) is 5.02. The molecule has 0 aliphatic rings. The quantitative estimate of drug-likeness (QED) is 0.913. The number of carboxylic acids is 1. The average Bonchev–Trinajstić information content (AvgIpc) is 2.78. The van der Waals surface area contributed by atoms with E-state index in [1.807, 2.05) is 0 Å². The molecule has 0 saturated carbocycles. The molecule has 1 aromatic heterocycles. The summed E-state index contributed by atoms with van der Waals surface area (Å²) in [6, 6.07) is 4.33. The molecule has 0 aliphatic carbocycles. The Morgan fingerprint density at radius 3 is 2.74 bits per heavy atom. The van der Waals surface area contributed by atoms with Crippen molar-refractivity contribution in [3.63, 3.8) is 0 Å². The van der Waals surface area contributed by atoms with Crippen molar-refractivity contribution in [2.75, 3.05) is 0 Å². The van der Waals surface area contributed by atoms with Gasteiger partial charge in [0.25, 0.3) is 0 Å². The number of nitrogens with zero attached hydrogens (tertiary/aromatic N) is 1. The van der Waals surface area contributed by atoms with Crippen LogP contribution in [0.15, 0.2) is 28.1 Å². The first-order valence-electron chi connectivity index (χ1n) is 5.47. The Morgan fingerprint density at radius 1 is 1.47 bits per heavy atom. The zero-order valence-corrected chi connectivity index (χ0v) is 12.7. The number of hydrogen-bond acceptors (Lipinski definition) is 3. The van der Waals surface area contributed by atoms with E-state index in [2.05, 4.69) is 20.9 Å². The molecule has 1 aromatic carbocycles. The van der Waals surface area contributed by atoms with Crippen molar-refractivity contribution in [3.8, 4) is 10.6 Å². The normalized spacial score (nSPS) is 11.6. The van der Waals surface area contributed by atoms with Gasteiger partial charge >= 0.3 is 5.97 Å². The smallest absolute Gasteiger partial charge is 0.315 e. The van der Waals surface area contributed by atoms with Gasteiger partial charge in [0.2, 0.25) is 0 Å². The first-order chi connectivity index (χ1) is 8.82. The minimum Gasteiger partial charge on any atom is -0.481 e. The van der Waals surface area contributed by atoms with Crippen LogP contribution in [0.3, 0.4) is 0 Å². The third kappa shape index (κ3) is 2.69. The number of thiazole rings is 1. The third-order valence-electron chi connectivity index (χ3n) is 2.84. The summed E-state index contributed by atoms with van der Waals surface area (Å²) in [5.74, 6) is -1.26. The fourth-order valence-corrected chi connectivity index (χ4v) is 3.15. The van der Waals surface area contributed by atoms with Crippen LogP contribution in [0.5, 0.6) is 0 Å². The van der Waals surface area contributed by atoms with Gasteiger partial charge in [0, 0.05) is 15.4 Å². The Labute approximate surface area is 122 Å². The molecule has 0 radical (unpaired) electrons. The Hall–Kier alpha value is -1.27. The molecule has 0 atom stereocenters. The van der Waals surface area contributed by atoms with E-state index in [1.54, 1.807) is 25.3 Å². The Bertz CT molecular complexity index is 639. The molecule has 3 nitrogen and oxygen atoms in total. The SMILES string of the molecule is CC(C)(C(=O)O)c1csc(-c2ccc(F)cc2Br)n1. The molecule has 1 heterocycles. The number of rotatable bonds is 3. The van der Waals surface area contributed by atoms with Gasteiger partial charge in [0.05, 0.1) is 5.69 Å². The van der Waals surface area contributed by atoms with E-state index in [1.165, 1.54) is 23.5 Å². The maximum absolute atomic E-state index is 13.0. The van der Waals surface area contributed by atoms with Crippen LogP contribution in [0, 0.1) is 5.82 Å². The predicted octanol–water partition coefficient (Wildman–Crippen LogP) is 4.07. The number of aliphatic carboxylic acids is 1. The van der Waals surface area contributed by atoms with Crippen LogP contribution in [0.1, 0.15) is 19.5 Å². The maximum Gasteiger partial charge on any atom is 0.315 e. The van der Waals surface area contributed by atoms with Crippen LogP contribution in [0.25, 0.3) is 10.6 Å². The van der Waals surface area contributed by atoms with Gasteiger partial charge in [-0.05, 0) is 48.0 Å². The molecule has 6 heteroatoms. The summed E-state index contributed by atoms with van der Waals surface area (Å²) < 4.78 is 13.6. The Morgan fingerprint density at radius 2 is 2.16 bits per heavy atom. The zero-order valence-electron chi connectivity index (χ0n) is 10.3. The minimum absolute atomic E-state index is 0.335. The molecule has 2 aromatic rings. The van der Waals surface area contributed by atoms with Gasteiger partial charge in [0.15, 0.2) is 0 Å². The Balaban J connectivity index is 2.44. The molecule has 0 aliphatic heterocycles. The number of hydrogen-bond donors (Lipinski definition) is 1. The second-order valence-corrected chi connectivity index (χ2v) is 6.30. The topological polar surface area (TPSA) is 50.2 Å². The van der Waals surface area contributed by atoms with E-state index < -0.39 is 11.4 Å². The lowest BCUT2D eigenvalue weighted by Gasteiger charge is -2.15. The van der Waals surface area contributed by atoms with E-state index in [0.717, 1.165) is 5.56 Å². The highest BCUT2D eigenvalue weighted by Gasteiger charge is 2.32. The molecular formula is C13H11BrFNO2S. The maximum atomic E-state index is 13.0. The van der Waals surface area contributed by atoms with E-state index in [9.17, 15) is 14.3 Å². The molecule has 1 N–H and O–H groups in total.